The highest BCUT2D eigenvalue weighted by Crippen LogP contribution is 2.52. The van der Waals surface area contributed by atoms with E-state index >= 15 is 0 Å². The van der Waals surface area contributed by atoms with Crippen LogP contribution in [0.5, 0.6) is 0 Å². The van der Waals surface area contributed by atoms with Crippen LogP contribution in [0.3, 0.4) is 0 Å². The van der Waals surface area contributed by atoms with Gasteiger partial charge in [-0.05, 0) is 30.4 Å². The molecule has 1 aliphatic rings. The van der Waals surface area contributed by atoms with Crippen LogP contribution in [0.4, 0.5) is 10.1 Å². The SMILES string of the molecule is COC(=O)CC1(CSc2cccc(F)c2[N+](=O)[O-])CC1. The molecule has 0 spiro atoms. The van der Waals surface area contributed by atoms with Crippen LogP contribution in [0, 0.1) is 21.3 Å². The lowest BCUT2D eigenvalue weighted by Crippen LogP contribution is -2.13. The summed E-state index contributed by atoms with van der Waals surface area (Å²) in [5, 5.41) is 10.9. The summed E-state index contributed by atoms with van der Waals surface area (Å²) in [5.74, 6) is -0.568. The molecule has 0 atom stereocenters. The molecule has 1 aromatic rings. The molecular weight excluding hydrogens is 285 g/mol. The van der Waals surface area contributed by atoms with E-state index in [4.69, 9.17) is 0 Å². The second-order valence-electron chi connectivity index (χ2n) is 4.89. The molecule has 0 radical (unpaired) electrons. The first-order chi connectivity index (χ1) is 9.47. The first kappa shape index (κ1) is 14.8. The summed E-state index contributed by atoms with van der Waals surface area (Å²) < 4.78 is 18.1. The minimum absolute atomic E-state index is 0.155. The van der Waals surface area contributed by atoms with Crippen molar-refractivity contribution in [2.75, 3.05) is 12.9 Å². The van der Waals surface area contributed by atoms with Gasteiger partial charge in [0.2, 0.25) is 5.82 Å². The quantitative estimate of drug-likeness (QED) is 0.349. The van der Waals surface area contributed by atoms with Crippen molar-refractivity contribution in [3.8, 4) is 0 Å². The Hall–Kier alpha value is -1.63. The highest BCUT2D eigenvalue weighted by atomic mass is 32.2. The van der Waals surface area contributed by atoms with Crippen LogP contribution in [0.2, 0.25) is 0 Å². The molecular formula is C13H14FNO4S. The van der Waals surface area contributed by atoms with Gasteiger partial charge < -0.3 is 4.74 Å². The average molecular weight is 299 g/mol. The summed E-state index contributed by atoms with van der Waals surface area (Å²) >= 11 is 1.22. The highest BCUT2D eigenvalue weighted by molar-refractivity contribution is 7.99. The summed E-state index contributed by atoms with van der Waals surface area (Å²) in [6, 6.07) is 4.05. The Morgan fingerprint density at radius 2 is 2.25 bits per heavy atom. The molecule has 0 heterocycles. The molecule has 5 nitrogen and oxygen atoms in total. The molecule has 0 N–H and O–H groups in total. The first-order valence-corrected chi connectivity index (χ1v) is 7.08. The van der Waals surface area contributed by atoms with Gasteiger partial charge >= 0.3 is 11.7 Å². The third-order valence-corrected chi connectivity index (χ3v) is 4.77. The Balaban J connectivity index is 2.07. The van der Waals surface area contributed by atoms with Crippen LogP contribution in [-0.2, 0) is 9.53 Å². The molecule has 0 bridgehead atoms. The molecule has 20 heavy (non-hydrogen) atoms. The number of methoxy groups -OCH3 is 1. The molecule has 2 rings (SSSR count). The van der Waals surface area contributed by atoms with Gasteiger partial charge in [-0.15, -0.1) is 11.8 Å². The predicted octanol–water partition coefficient (Wildman–Crippen LogP) is 3.17. The van der Waals surface area contributed by atoms with E-state index in [0.29, 0.717) is 17.1 Å². The fraction of sp³-hybridized carbons (Fsp3) is 0.462. The molecule has 0 aliphatic heterocycles. The Labute approximate surface area is 119 Å². The molecule has 0 amide bonds. The number of hydrogen-bond acceptors (Lipinski definition) is 5. The smallest absolute Gasteiger partial charge is 0.318 e. The van der Waals surface area contributed by atoms with Crippen molar-refractivity contribution in [1.82, 2.24) is 0 Å². The van der Waals surface area contributed by atoms with Gasteiger partial charge in [-0.2, -0.15) is 4.39 Å². The number of hydrogen-bond donors (Lipinski definition) is 0. The average Bonchev–Trinajstić information content (AvgIpc) is 3.16. The Bertz CT molecular complexity index is 545. The summed E-state index contributed by atoms with van der Waals surface area (Å²) in [5.41, 5.74) is -0.649. The minimum atomic E-state index is -0.835. The summed E-state index contributed by atoms with van der Waals surface area (Å²) in [6.07, 6.45) is 2.08. The summed E-state index contributed by atoms with van der Waals surface area (Å²) in [4.78, 5) is 21.8. The van der Waals surface area contributed by atoms with E-state index in [9.17, 15) is 19.3 Å². The van der Waals surface area contributed by atoms with E-state index in [1.165, 1.54) is 31.0 Å². The van der Waals surface area contributed by atoms with Crippen molar-refractivity contribution in [2.24, 2.45) is 5.41 Å². The number of rotatable bonds is 6. The number of carbonyl (C=O) groups is 1. The number of benzene rings is 1. The largest absolute Gasteiger partial charge is 0.469 e. The van der Waals surface area contributed by atoms with Gasteiger partial charge in [-0.1, -0.05) is 6.07 Å². The van der Waals surface area contributed by atoms with Gasteiger partial charge in [-0.25, -0.2) is 0 Å². The minimum Gasteiger partial charge on any atom is -0.469 e. The summed E-state index contributed by atoms with van der Waals surface area (Å²) in [6.45, 7) is 0. The third-order valence-electron chi connectivity index (χ3n) is 3.37. The zero-order valence-electron chi connectivity index (χ0n) is 10.9. The van der Waals surface area contributed by atoms with Gasteiger partial charge in [0.15, 0.2) is 0 Å². The number of esters is 1. The van der Waals surface area contributed by atoms with E-state index in [1.807, 2.05) is 0 Å². The van der Waals surface area contributed by atoms with Crippen LogP contribution < -0.4 is 0 Å². The standard InChI is InChI=1S/C13H14FNO4S/c1-19-11(16)7-13(5-6-13)8-20-10-4-2-3-9(14)12(10)15(17)18/h2-4H,5-8H2,1H3. The van der Waals surface area contributed by atoms with Crippen LogP contribution >= 0.6 is 11.8 Å². The molecule has 0 unspecified atom stereocenters. The third kappa shape index (κ3) is 3.27. The molecule has 1 aliphatic carbocycles. The lowest BCUT2D eigenvalue weighted by atomic mass is 10.1. The maximum atomic E-state index is 13.5. The van der Waals surface area contributed by atoms with Crippen molar-refractivity contribution in [2.45, 2.75) is 24.2 Å². The molecule has 0 saturated heterocycles. The zero-order valence-corrected chi connectivity index (χ0v) is 11.7. The van der Waals surface area contributed by atoms with Crippen LogP contribution in [0.15, 0.2) is 23.1 Å². The van der Waals surface area contributed by atoms with Crippen molar-refractivity contribution in [1.29, 1.82) is 0 Å². The van der Waals surface area contributed by atoms with E-state index in [1.54, 1.807) is 0 Å². The van der Waals surface area contributed by atoms with Crippen molar-refractivity contribution >= 4 is 23.4 Å². The number of ether oxygens (including phenoxy) is 1. The van der Waals surface area contributed by atoms with Gasteiger partial charge in [-0.3, -0.25) is 14.9 Å². The fourth-order valence-electron chi connectivity index (χ4n) is 1.95. The topological polar surface area (TPSA) is 69.4 Å². The summed E-state index contributed by atoms with van der Waals surface area (Å²) in [7, 11) is 1.34. The van der Waals surface area contributed by atoms with E-state index in [2.05, 4.69) is 4.74 Å². The Morgan fingerprint density at radius 3 is 2.80 bits per heavy atom. The van der Waals surface area contributed by atoms with Crippen molar-refractivity contribution in [3.05, 3.63) is 34.1 Å². The van der Waals surface area contributed by atoms with E-state index in [-0.39, 0.29) is 11.4 Å². The normalized spacial score (nSPS) is 15.7. The molecule has 1 aromatic carbocycles. The number of nitro benzene ring substituents is 1. The second kappa shape index (κ2) is 5.78. The Morgan fingerprint density at radius 1 is 1.55 bits per heavy atom. The maximum absolute atomic E-state index is 13.5. The van der Waals surface area contributed by atoms with Crippen molar-refractivity contribution < 1.29 is 18.8 Å². The predicted molar refractivity (Wildman–Crippen MR) is 72.1 cm³/mol. The number of halogens is 1. The van der Waals surface area contributed by atoms with Gasteiger partial charge in [0.05, 0.1) is 23.3 Å². The second-order valence-corrected chi connectivity index (χ2v) is 5.90. The number of nitro groups is 1. The molecule has 7 heteroatoms. The first-order valence-electron chi connectivity index (χ1n) is 6.10. The van der Waals surface area contributed by atoms with Crippen LogP contribution in [-0.4, -0.2) is 23.8 Å². The molecule has 108 valence electrons. The van der Waals surface area contributed by atoms with Crippen LogP contribution in [0.1, 0.15) is 19.3 Å². The lowest BCUT2D eigenvalue weighted by molar-refractivity contribution is -0.390. The molecule has 1 saturated carbocycles. The molecule has 1 fully saturated rings. The van der Waals surface area contributed by atoms with Crippen molar-refractivity contribution in [3.63, 3.8) is 0 Å². The van der Waals surface area contributed by atoms with Gasteiger partial charge in [0.25, 0.3) is 0 Å². The molecule has 0 aromatic heterocycles. The van der Waals surface area contributed by atoms with E-state index < -0.39 is 16.4 Å². The van der Waals surface area contributed by atoms with Gasteiger partial charge in [0.1, 0.15) is 0 Å². The number of nitrogens with zero attached hydrogens (tertiary/aromatic N) is 1. The zero-order chi connectivity index (χ0) is 14.8. The van der Waals surface area contributed by atoms with E-state index in [0.717, 1.165) is 18.9 Å². The lowest BCUT2D eigenvalue weighted by Gasteiger charge is -2.13. The number of para-hydroxylation sites is 1. The fourth-order valence-corrected chi connectivity index (χ4v) is 3.28. The monoisotopic (exact) mass is 299 g/mol. The number of carbonyl (C=O) groups excluding carboxylic acids is 1. The maximum Gasteiger partial charge on any atom is 0.318 e. The number of thioether (sulfide) groups is 1. The Kier molecular flexibility index (Phi) is 4.27. The van der Waals surface area contributed by atoms with Crippen LogP contribution in [0.25, 0.3) is 0 Å². The van der Waals surface area contributed by atoms with Gasteiger partial charge in [0, 0.05) is 5.75 Å². The highest BCUT2D eigenvalue weighted by Gasteiger charge is 2.45.